The van der Waals surface area contributed by atoms with Gasteiger partial charge in [0.15, 0.2) is 0 Å². The fourth-order valence-electron chi connectivity index (χ4n) is 3.46. The Morgan fingerprint density at radius 2 is 1.43 bits per heavy atom. The third-order valence-electron chi connectivity index (χ3n) is 4.80. The fraction of sp³-hybridized carbons (Fsp3) is 1.00. The van der Waals surface area contributed by atoms with E-state index in [-0.39, 0.29) is 0 Å². The van der Waals surface area contributed by atoms with E-state index < -0.39 is 0 Å². The topological polar surface area (TPSA) is 0 Å². The highest BCUT2D eigenvalue weighted by molar-refractivity contribution is 4.74. The predicted molar refractivity (Wildman–Crippen MR) is 98.8 cm³/mol. The Bertz CT molecular complexity index is 215. The van der Waals surface area contributed by atoms with Crippen LogP contribution in [-0.2, 0) is 0 Å². The molecular formula is C21H44. The first kappa shape index (κ1) is 21.0. The summed E-state index contributed by atoms with van der Waals surface area (Å²) in [5.41, 5.74) is 0.521. The largest absolute Gasteiger partial charge is 0.0656 e. The Hall–Kier alpha value is 0. The lowest BCUT2D eigenvalue weighted by Gasteiger charge is -2.30. The van der Waals surface area contributed by atoms with Crippen molar-refractivity contribution in [2.45, 2.75) is 113 Å². The standard InChI is InChI=1S/C18H36.C3H8/c1-6-7-16(12-13-18(3,4)5)14-17-10-8-15(2)9-11-17;1-3-2/h15-17H,6-14H2,1-5H3;3H2,1-2H3. The molecule has 0 bridgehead atoms. The summed E-state index contributed by atoms with van der Waals surface area (Å²) in [5, 5.41) is 0. The van der Waals surface area contributed by atoms with Gasteiger partial charge in [-0.2, -0.15) is 0 Å². The molecular weight excluding hydrogens is 252 g/mol. The van der Waals surface area contributed by atoms with Crippen molar-refractivity contribution in [1.82, 2.24) is 0 Å². The Balaban J connectivity index is 0.00000122. The molecule has 1 rings (SSSR count). The van der Waals surface area contributed by atoms with Crippen LogP contribution in [0, 0.1) is 23.2 Å². The molecule has 0 spiro atoms. The number of hydrogen-bond donors (Lipinski definition) is 0. The highest BCUT2D eigenvalue weighted by atomic mass is 14.3. The van der Waals surface area contributed by atoms with E-state index in [0.717, 1.165) is 17.8 Å². The average Bonchev–Trinajstić information content (AvgIpc) is 2.39. The minimum atomic E-state index is 0.521. The van der Waals surface area contributed by atoms with Crippen LogP contribution in [0.1, 0.15) is 113 Å². The molecule has 0 aromatic carbocycles. The highest BCUT2D eigenvalue weighted by Gasteiger charge is 2.22. The van der Waals surface area contributed by atoms with E-state index in [1.807, 2.05) is 0 Å². The molecule has 0 N–H and O–H groups in total. The second-order valence-electron chi connectivity index (χ2n) is 8.82. The van der Waals surface area contributed by atoms with Crippen molar-refractivity contribution in [2.24, 2.45) is 23.2 Å². The van der Waals surface area contributed by atoms with Crippen LogP contribution in [0.2, 0.25) is 0 Å². The van der Waals surface area contributed by atoms with Crippen molar-refractivity contribution >= 4 is 0 Å². The summed E-state index contributed by atoms with van der Waals surface area (Å²) in [6.45, 7) is 16.2. The van der Waals surface area contributed by atoms with Gasteiger partial charge in [-0.05, 0) is 42.4 Å². The summed E-state index contributed by atoms with van der Waals surface area (Å²) in [6, 6.07) is 0. The second kappa shape index (κ2) is 11.6. The van der Waals surface area contributed by atoms with Gasteiger partial charge in [-0.3, -0.25) is 0 Å². The second-order valence-corrected chi connectivity index (χ2v) is 8.82. The summed E-state index contributed by atoms with van der Waals surface area (Å²) in [7, 11) is 0. The zero-order valence-electron chi connectivity index (χ0n) is 16.3. The molecule has 1 saturated carbocycles. The van der Waals surface area contributed by atoms with E-state index in [0.29, 0.717) is 5.41 Å². The summed E-state index contributed by atoms with van der Waals surface area (Å²) in [4.78, 5) is 0. The van der Waals surface area contributed by atoms with Crippen LogP contribution < -0.4 is 0 Å². The first-order chi connectivity index (χ1) is 9.82. The summed E-state index contributed by atoms with van der Waals surface area (Å²) >= 11 is 0. The van der Waals surface area contributed by atoms with Crippen LogP contribution in [-0.4, -0.2) is 0 Å². The maximum atomic E-state index is 2.43. The molecule has 0 amide bonds. The molecule has 21 heavy (non-hydrogen) atoms. The Kier molecular flexibility index (Phi) is 11.6. The maximum Gasteiger partial charge on any atom is -0.0383 e. The van der Waals surface area contributed by atoms with Crippen molar-refractivity contribution in [1.29, 1.82) is 0 Å². The van der Waals surface area contributed by atoms with Crippen LogP contribution in [0.25, 0.3) is 0 Å². The van der Waals surface area contributed by atoms with Crippen molar-refractivity contribution in [3.63, 3.8) is 0 Å². The van der Waals surface area contributed by atoms with Gasteiger partial charge in [0.2, 0.25) is 0 Å². The predicted octanol–water partition coefficient (Wildman–Crippen LogP) is 7.86. The van der Waals surface area contributed by atoms with Gasteiger partial charge in [0, 0.05) is 0 Å². The molecule has 0 heteroatoms. The van der Waals surface area contributed by atoms with E-state index in [4.69, 9.17) is 0 Å². The molecule has 0 heterocycles. The molecule has 1 unspecified atom stereocenters. The van der Waals surface area contributed by atoms with E-state index in [1.54, 1.807) is 0 Å². The van der Waals surface area contributed by atoms with Crippen molar-refractivity contribution in [2.75, 3.05) is 0 Å². The average molecular weight is 297 g/mol. The highest BCUT2D eigenvalue weighted by Crippen LogP contribution is 2.36. The molecule has 0 aromatic rings. The van der Waals surface area contributed by atoms with Crippen LogP contribution in [0.3, 0.4) is 0 Å². The van der Waals surface area contributed by atoms with Gasteiger partial charge in [-0.25, -0.2) is 0 Å². The first-order valence-corrected chi connectivity index (χ1v) is 9.82. The molecule has 1 fully saturated rings. The van der Waals surface area contributed by atoms with Gasteiger partial charge in [-0.1, -0.05) is 93.4 Å². The molecule has 1 aliphatic rings. The zero-order chi connectivity index (χ0) is 16.3. The van der Waals surface area contributed by atoms with Gasteiger partial charge in [0.1, 0.15) is 0 Å². The molecule has 0 nitrogen and oxygen atoms in total. The lowest BCUT2D eigenvalue weighted by molar-refractivity contribution is 0.218. The van der Waals surface area contributed by atoms with Crippen LogP contribution in [0.5, 0.6) is 0 Å². The first-order valence-electron chi connectivity index (χ1n) is 9.82. The third-order valence-corrected chi connectivity index (χ3v) is 4.80. The van der Waals surface area contributed by atoms with Crippen molar-refractivity contribution < 1.29 is 0 Å². The SMILES string of the molecule is CCC.CCCC(CCC(C)(C)C)CC1CCC(C)CC1. The van der Waals surface area contributed by atoms with Crippen molar-refractivity contribution in [3.05, 3.63) is 0 Å². The summed E-state index contributed by atoms with van der Waals surface area (Å²) < 4.78 is 0. The molecule has 0 aliphatic heterocycles. The maximum absolute atomic E-state index is 2.43. The lowest BCUT2D eigenvalue weighted by Crippen LogP contribution is -2.17. The van der Waals surface area contributed by atoms with Crippen LogP contribution in [0.4, 0.5) is 0 Å². The van der Waals surface area contributed by atoms with Gasteiger partial charge in [0.25, 0.3) is 0 Å². The molecule has 1 aliphatic carbocycles. The normalized spacial score (nSPS) is 24.1. The minimum Gasteiger partial charge on any atom is -0.0656 e. The van der Waals surface area contributed by atoms with Gasteiger partial charge < -0.3 is 0 Å². The molecule has 0 saturated heterocycles. The van der Waals surface area contributed by atoms with Crippen molar-refractivity contribution in [3.8, 4) is 0 Å². The van der Waals surface area contributed by atoms with Gasteiger partial charge >= 0.3 is 0 Å². The van der Waals surface area contributed by atoms with Crippen LogP contribution in [0.15, 0.2) is 0 Å². The molecule has 128 valence electrons. The smallest absolute Gasteiger partial charge is 0.0383 e. The Morgan fingerprint density at radius 1 is 0.905 bits per heavy atom. The molecule has 0 aromatic heterocycles. The summed E-state index contributed by atoms with van der Waals surface area (Å²) in [5.74, 6) is 3.06. The Labute approximate surface area is 136 Å². The van der Waals surface area contributed by atoms with Gasteiger partial charge in [0.05, 0.1) is 0 Å². The third kappa shape index (κ3) is 12.2. The van der Waals surface area contributed by atoms with E-state index in [9.17, 15) is 0 Å². The van der Waals surface area contributed by atoms with Crippen LogP contribution >= 0.6 is 0 Å². The Morgan fingerprint density at radius 3 is 1.86 bits per heavy atom. The lowest BCUT2D eigenvalue weighted by atomic mass is 9.75. The summed E-state index contributed by atoms with van der Waals surface area (Å²) in [6.07, 6.45) is 14.5. The number of rotatable bonds is 6. The quantitative estimate of drug-likeness (QED) is 0.468. The van der Waals surface area contributed by atoms with Gasteiger partial charge in [-0.15, -0.1) is 0 Å². The molecule has 1 atom stereocenters. The number of hydrogen-bond acceptors (Lipinski definition) is 0. The molecule has 0 radical (unpaired) electrons. The van der Waals surface area contributed by atoms with E-state index >= 15 is 0 Å². The zero-order valence-corrected chi connectivity index (χ0v) is 16.3. The van der Waals surface area contributed by atoms with E-state index in [2.05, 4.69) is 48.5 Å². The monoisotopic (exact) mass is 296 g/mol. The van der Waals surface area contributed by atoms with E-state index in [1.165, 1.54) is 64.2 Å². The fourth-order valence-corrected chi connectivity index (χ4v) is 3.46. The minimum absolute atomic E-state index is 0.521.